The summed E-state index contributed by atoms with van der Waals surface area (Å²) in [5.41, 5.74) is 0. The van der Waals surface area contributed by atoms with Crippen molar-refractivity contribution in [2.24, 2.45) is 0 Å². The van der Waals surface area contributed by atoms with Gasteiger partial charge in [0.2, 0.25) is 0 Å². The molecule has 0 bridgehead atoms. The smallest absolute Gasteiger partial charge is 0.114 e. The summed E-state index contributed by atoms with van der Waals surface area (Å²) >= 11 is 1.72. The minimum atomic E-state index is 0.808. The van der Waals surface area contributed by atoms with Crippen LogP contribution in [0, 0.1) is 0 Å². The molecule has 90 valence electrons. The van der Waals surface area contributed by atoms with E-state index in [-0.39, 0.29) is 0 Å². The zero-order chi connectivity index (χ0) is 11.5. The highest BCUT2D eigenvalue weighted by Gasteiger charge is 1.94. The van der Waals surface area contributed by atoms with Gasteiger partial charge in [-0.25, -0.2) is 4.98 Å². The highest BCUT2D eigenvalue weighted by Crippen LogP contribution is 2.11. The van der Waals surface area contributed by atoms with Crippen molar-refractivity contribution in [2.45, 2.75) is 18.4 Å². The second-order valence-corrected chi connectivity index (χ2v) is 4.31. The van der Waals surface area contributed by atoms with Gasteiger partial charge in [0.25, 0.3) is 0 Å². The third-order valence-corrected chi connectivity index (χ3v) is 2.83. The van der Waals surface area contributed by atoms with E-state index in [2.05, 4.69) is 15.3 Å². The number of thioether (sulfide) groups is 1. The van der Waals surface area contributed by atoms with Crippen molar-refractivity contribution in [3.8, 4) is 0 Å². The Morgan fingerprint density at radius 2 is 2.31 bits per heavy atom. The van der Waals surface area contributed by atoms with Gasteiger partial charge in [-0.05, 0) is 19.9 Å². The SMILES string of the molecule is CCOCCCNCCSc1cnccn1. The molecule has 16 heavy (non-hydrogen) atoms. The van der Waals surface area contributed by atoms with E-state index in [1.165, 1.54) is 0 Å². The number of hydrogen-bond donors (Lipinski definition) is 1. The van der Waals surface area contributed by atoms with Gasteiger partial charge in [-0.2, -0.15) is 0 Å². The van der Waals surface area contributed by atoms with Crippen LogP contribution >= 0.6 is 11.8 Å². The van der Waals surface area contributed by atoms with E-state index < -0.39 is 0 Å². The Labute approximate surface area is 101 Å². The lowest BCUT2D eigenvalue weighted by atomic mass is 10.4. The predicted molar refractivity (Wildman–Crippen MR) is 66.7 cm³/mol. The molecule has 0 saturated carbocycles. The Balaban J connectivity index is 1.89. The first-order valence-corrected chi connectivity index (χ1v) is 6.59. The van der Waals surface area contributed by atoms with Crippen molar-refractivity contribution >= 4 is 11.8 Å². The summed E-state index contributed by atoms with van der Waals surface area (Å²) < 4.78 is 5.25. The molecule has 0 radical (unpaired) electrons. The standard InChI is InChI=1S/C11H19N3OS/c1-2-15-8-3-4-12-7-9-16-11-10-13-5-6-14-11/h5-6,10,12H,2-4,7-9H2,1H3. The van der Waals surface area contributed by atoms with Crippen molar-refractivity contribution in [3.63, 3.8) is 0 Å². The molecule has 1 rings (SSSR count). The molecule has 0 aliphatic heterocycles. The van der Waals surface area contributed by atoms with Gasteiger partial charge >= 0.3 is 0 Å². The fourth-order valence-electron chi connectivity index (χ4n) is 1.16. The quantitative estimate of drug-likeness (QED) is 0.525. The molecule has 1 aromatic rings. The van der Waals surface area contributed by atoms with Crippen LogP contribution in [0.2, 0.25) is 0 Å². The summed E-state index contributed by atoms with van der Waals surface area (Å²) in [7, 11) is 0. The molecule has 0 fully saturated rings. The van der Waals surface area contributed by atoms with E-state index >= 15 is 0 Å². The third kappa shape index (κ3) is 6.76. The van der Waals surface area contributed by atoms with Crippen LogP contribution in [0.3, 0.4) is 0 Å². The van der Waals surface area contributed by atoms with Gasteiger partial charge in [0, 0.05) is 37.9 Å². The third-order valence-electron chi connectivity index (χ3n) is 1.91. The maximum Gasteiger partial charge on any atom is 0.114 e. The average Bonchev–Trinajstić information content (AvgIpc) is 2.34. The summed E-state index contributed by atoms with van der Waals surface area (Å²) in [5.74, 6) is 1.02. The first-order valence-electron chi connectivity index (χ1n) is 5.60. The molecule has 0 saturated heterocycles. The molecular formula is C11H19N3OS. The number of nitrogens with zero attached hydrogens (tertiary/aromatic N) is 2. The lowest BCUT2D eigenvalue weighted by Crippen LogP contribution is -2.19. The highest BCUT2D eigenvalue weighted by molar-refractivity contribution is 7.99. The maximum absolute atomic E-state index is 5.25. The zero-order valence-electron chi connectivity index (χ0n) is 9.69. The Hall–Kier alpha value is -0.650. The fraction of sp³-hybridized carbons (Fsp3) is 0.636. The summed E-state index contributed by atoms with van der Waals surface area (Å²) in [5, 5.41) is 4.35. The van der Waals surface area contributed by atoms with Crippen LogP contribution in [0.4, 0.5) is 0 Å². The Bertz CT molecular complexity index is 259. The van der Waals surface area contributed by atoms with E-state index in [0.29, 0.717) is 0 Å². The molecule has 1 heterocycles. The van der Waals surface area contributed by atoms with Crippen LogP contribution < -0.4 is 5.32 Å². The number of aromatic nitrogens is 2. The summed E-state index contributed by atoms with van der Waals surface area (Å²) in [6.07, 6.45) is 6.28. The van der Waals surface area contributed by atoms with Gasteiger partial charge in [-0.15, -0.1) is 11.8 Å². The minimum absolute atomic E-state index is 0.808. The molecule has 0 aromatic carbocycles. The molecule has 0 aliphatic carbocycles. The van der Waals surface area contributed by atoms with Crippen LogP contribution in [-0.2, 0) is 4.74 Å². The molecule has 1 N–H and O–H groups in total. The van der Waals surface area contributed by atoms with E-state index in [4.69, 9.17) is 4.74 Å². The average molecular weight is 241 g/mol. The molecule has 0 aliphatic rings. The molecule has 0 amide bonds. The maximum atomic E-state index is 5.25. The monoisotopic (exact) mass is 241 g/mol. The summed E-state index contributed by atoms with van der Waals surface area (Å²) in [6.45, 7) is 5.68. The van der Waals surface area contributed by atoms with Crippen LogP contribution in [0.1, 0.15) is 13.3 Å². The number of nitrogens with one attached hydrogen (secondary N) is 1. The normalized spacial score (nSPS) is 10.6. The van der Waals surface area contributed by atoms with Crippen molar-refractivity contribution in [1.82, 2.24) is 15.3 Å². The van der Waals surface area contributed by atoms with Crippen LogP contribution in [0.5, 0.6) is 0 Å². The van der Waals surface area contributed by atoms with Crippen molar-refractivity contribution in [2.75, 3.05) is 32.1 Å². The van der Waals surface area contributed by atoms with Gasteiger partial charge in [0.05, 0.1) is 6.20 Å². The van der Waals surface area contributed by atoms with Gasteiger partial charge in [0.15, 0.2) is 0 Å². The second-order valence-electron chi connectivity index (χ2n) is 3.19. The second kappa shape index (κ2) is 9.57. The molecule has 0 unspecified atom stereocenters. The number of hydrogen-bond acceptors (Lipinski definition) is 5. The van der Waals surface area contributed by atoms with Gasteiger partial charge in [-0.3, -0.25) is 4.98 Å². The Morgan fingerprint density at radius 3 is 3.06 bits per heavy atom. The fourth-order valence-corrected chi connectivity index (χ4v) is 1.88. The topological polar surface area (TPSA) is 47.0 Å². The van der Waals surface area contributed by atoms with Crippen LogP contribution in [-0.4, -0.2) is 42.0 Å². The van der Waals surface area contributed by atoms with E-state index in [1.54, 1.807) is 30.4 Å². The van der Waals surface area contributed by atoms with Crippen LogP contribution in [0.25, 0.3) is 0 Å². The first-order chi connectivity index (χ1) is 7.93. The number of ether oxygens (including phenoxy) is 1. The molecule has 0 atom stereocenters. The lowest BCUT2D eigenvalue weighted by molar-refractivity contribution is 0.145. The minimum Gasteiger partial charge on any atom is -0.382 e. The lowest BCUT2D eigenvalue weighted by Gasteiger charge is -2.04. The van der Waals surface area contributed by atoms with Crippen molar-refractivity contribution in [3.05, 3.63) is 18.6 Å². The van der Waals surface area contributed by atoms with Gasteiger partial charge < -0.3 is 10.1 Å². The Morgan fingerprint density at radius 1 is 1.38 bits per heavy atom. The summed E-state index contributed by atoms with van der Waals surface area (Å²) in [6, 6.07) is 0. The molecular weight excluding hydrogens is 222 g/mol. The number of rotatable bonds is 9. The Kier molecular flexibility index (Phi) is 8.02. The molecule has 4 nitrogen and oxygen atoms in total. The van der Waals surface area contributed by atoms with Crippen LogP contribution in [0.15, 0.2) is 23.6 Å². The van der Waals surface area contributed by atoms with E-state index in [9.17, 15) is 0 Å². The highest BCUT2D eigenvalue weighted by atomic mass is 32.2. The molecule has 5 heteroatoms. The van der Waals surface area contributed by atoms with Crippen molar-refractivity contribution in [1.29, 1.82) is 0 Å². The largest absolute Gasteiger partial charge is 0.382 e. The first kappa shape index (κ1) is 13.4. The molecule has 1 aromatic heterocycles. The van der Waals surface area contributed by atoms with Gasteiger partial charge in [-0.1, -0.05) is 0 Å². The van der Waals surface area contributed by atoms with E-state index in [0.717, 1.165) is 43.5 Å². The van der Waals surface area contributed by atoms with Crippen molar-refractivity contribution < 1.29 is 4.74 Å². The zero-order valence-corrected chi connectivity index (χ0v) is 10.5. The molecule has 0 spiro atoms. The van der Waals surface area contributed by atoms with Gasteiger partial charge in [0.1, 0.15) is 5.03 Å². The van der Waals surface area contributed by atoms with E-state index in [1.807, 2.05) is 6.92 Å². The predicted octanol–water partition coefficient (Wildman–Crippen LogP) is 1.58. The summed E-state index contributed by atoms with van der Waals surface area (Å²) in [4.78, 5) is 8.20.